The number of esters is 1. The number of benzene rings is 4. The Morgan fingerprint density at radius 3 is 2.52 bits per heavy atom. The summed E-state index contributed by atoms with van der Waals surface area (Å²) in [4.78, 5) is 29.5. The summed E-state index contributed by atoms with van der Waals surface area (Å²) in [5.41, 5.74) is 7.08. The van der Waals surface area contributed by atoms with Gasteiger partial charge in [-0.3, -0.25) is 4.79 Å². The summed E-state index contributed by atoms with van der Waals surface area (Å²) in [5, 5.41) is 5.59. The minimum atomic E-state index is -0.515. The zero-order chi connectivity index (χ0) is 28.4. The third-order valence-corrected chi connectivity index (χ3v) is 8.32. The monoisotopic (exact) mass is 789 g/mol. The van der Waals surface area contributed by atoms with E-state index < -0.39 is 11.9 Å². The van der Waals surface area contributed by atoms with Crippen LogP contribution in [0.1, 0.15) is 32.0 Å². The highest BCUT2D eigenvalue weighted by Crippen LogP contribution is 2.38. The minimum absolute atomic E-state index is 0.267. The van der Waals surface area contributed by atoms with Crippen LogP contribution in [0.3, 0.4) is 0 Å². The van der Waals surface area contributed by atoms with Gasteiger partial charge in [-0.05, 0) is 81.8 Å². The summed E-state index contributed by atoms with van der Waals surface area (Å²) >= 11 is 15.7. The van der Waals surface area contributed by atoms with Crippen molar-refractivity contribution in [2.45, 2.75) is 6.92 Å². The molecule has 0 saturated carbocycles. The van der Waals surface area contributed by atoms with E-state index in [-0.39, 0.29) is 5.75 Å². The molecule has 0 unspecified atom stereocenters. The molecule has 0 atom stereocenters. The SMILES string of the molecule is Cc1ccc(C(=O)Oc2c(Br)cc(Br)cc2C=NNC(=O)c2[nH]c3c(I)cccc3c2-c2ccccc2Cl)cc1. The van der Waals surface area contributed by atoms with Gasteiger partial charge in [0.1, 0.15) is 5.69 Å². The Morgan fingerprint density at radius 1 is 1.02 bits per heavy atom. The van der Waals surface area contributed by atoms with Gasteiger partial charge in [0.15, 0.2) is 5.75 Å². The topological polar surface area (TPSA) is 83.5 Å². The number of fused-ring (bicyclic) bond motifs is 1. The molecule has 0 bridgehead atoms. The average Bonchev–Trinajstić information content (AvgIpc) is 3.32. The van der Waals surface area contributed by atoms with E-state index in [0.29, 0.717) is 31.9 Å². The Bertz CT molecular complexity index is 1800. The number of nitrogens with one attached hydrogen (secondary N) is 2. The van der Waals surface area contributed by atoms with Crippen molar-refractivity contribution in [3.63, 3.8) is 0 Å². The zero-order valence-corrected chi connectivity index (χ0v) is 26.9. The molecule has 0 fully saturated rings. The van der Waals surface area contributed by atoms with Gasteiger partial charge >= 0.3 is 5.97 Å². The summed E-state index contributed by atoms with van der Waals surface area (Å²) in [7, 11) is 0. The van der Waals surface area contributed by atoms with Gasteiger partial charge in [0, 0.05) is 35.1 Å². The summed E-state index contributed by atoms with van der Waals surface area (Å²) < 4.78 is 7.95. The van der Waals surface area contributed by atoms with Crippen LogP contribution in [0.5, 0.6) is 5.75 Å². The summed E-state index contributed by atoms with van der Waals surface area (Å²) in [6.07, 6.45) is 1.42. The van der Waals surface area contributed by atoms with Gasteiger partial charge in [-0.1, -0.05) is 75.6 Å². The number of H-pyrrole nitrogens is 1. The largest absolute Gasteiger partial charge is 0.421 e. The second kappa shape index (κ2) is 12.3. The quantitative estimate of drug-likeness (QED) is 0.0593. The van der Waals surface area contributed by atoms with Crippen LogP contribution in [0.4, 0.5) is 0 Å². The maximum absolute atomic E-state index is 13.4. The molecule has 10 heteroatoms. The predicted molar refractivity (Wildman–Crippen MR) is 175 cm³/mol. The first kappa shape index (κ1) is 28.5. The number of halogens is 4. The van der Waals surface area contributed by atoms with Crippen molar-refractivity contribution < 1.29 is 14.3 Å². The Hall–Kier alpha value is -2.99. The maximum Gasteiger partial charge on any atom is 0.343 e. The second-order valence-corrected chi connectivity index (χ2v) is 12.1. The van der Waals surface area contributed by atoms with E-state index in [1.807, 2.05) is 55.5 Å². The Labute approximate surface area is 265 Å². The molecule has 2 N–H and O–H groups in total. The molecule has 0 aliphatic rings. The third-order valence-electron chi connectivity index (χ3n) is 6.04. The van der Waals surface area contributed by atoms with Crippen LogP contribution < -0.4 is 10.2 Å². The number of ether oxygens (including phenoxy) is 1. The zero-order valence-electron chi connectivity index (χ0n) is 20.8. The van der Waals surface area contributed by atoms with E-state index >= 15 is 0 Å². The number of nitrogens with zero attached hydrogens (tertiary/aromatic N) is 1. The number of aryl methyl sites for hydroxylation is 1. The molecule has 1 amide bonds. The van der Waals surface area contributed by atoms with Crippen LogP contribution in [-0.2, 0) is 0 Å². The first-order valence-corrected chi connectivity index (χ1v) is 14.9. The van der Waals surface area contributed by atoms with E-state index in [1.165, 1.54) is 6.21 Å². The highest BCUT2D eigenvalue weighted by Gasteiger charge is 2.22. The molecular weight excluding hydrogens is 773 g/mol. The van der Waals surface area contributed by atoms with E-state index in [1.54, 1.807) is 30.3 Å². The molecular formula is C30H19Br2ClIN3O3. The lowest BCUT2D eigenvalue weighted by Gasteiger charge is -2.11. The number of amides is 1. The number of carbonyl (C=O) groups excluding carboxylic acids is 2. The molecule has 200 valence electrons. The van der Waals surface area contributed by atoms with E-state index in [0.717, 1.165) is 30.1 Å². The van der Waals surface area contributed by atoms with Crippen molar-refractivity contribution in [1.82, 2.24) is 10.4 Å². The van der Waals surface area contributed by atoms with Gasteiger partial charge in [-0.25, -0.2) is 10.2 Å². The molecule has 1 aromatic heterocycles. The fourth-order valence-corrected chi connectivity index (χ4v) is 6.34. The molecule has 0 aliphatic carbocycles. The fraction of sp³-hybridized carbons (Fsp3) is 0.0333. The number of aromatic amines is 1. The number of hydrogen-bond acceptors (Lipinski definition) is 4. The predicted octanol–water partition coefficient (Wildman–Crippen LogP) is 8.91. The lowest BCUT2D eigenvalue weighted by atomic mass is 10.0. The molecule has 1 heterocycles. The molecule has 0 saturated heterocycles. The Balaban J connectivity index is 1.46. The van der Waals surface area contributed by atoms with Crippen LogP contribution in [0, 0.1) is 10.5 Å². The van der Waals surface area contributed by atoms with Crippen LogP contribution in [0.25, 0.3) is 22.0 Å². The normalized spacial score (nSPS) is 11.2. The molecule has 5 rings (SSSR count). The number of para-hydroxylation sites is 1. The van der Waals surface area contributed by atoms with Crippen molar-refractivity contribution >= 4 is 95.0 Å². The summed E-state index contributed by atoms with van der Waals surface area (Å²) in [6, 6.07) is 23.8. The maximum atomic E-state index is 13.4. The van der Waals surface area contributed by atoms with E-state index in [2.05, 4.69) is 70.0 Å². The van der Waals surface area contributed by atoms with Gasteiger partial charge in [0.25, 0.3) is 5.91 Å². The third kappa shape index (κ3) is 6.02. The van der Waals surface area contributed by atoms with Crippen molar-refractivity contribution in [1.29, 1.82) is 0 Å². The minimum Gasteiger partial charge on any atom is -0.421 e. The average molecular weight is 792 g/mol. The van der Waals surface area contributed by atoms with Gasteiger partial charge in [0.2, 0.25) is 0 Å². The molecule has 5 aromatic rings. The molecule has 0 radical (unpaired) electrons. The van der Waals surface area contributed by atoms with Gasteiger partial charge in [0.05, 0.1) is 21.8 Å². The van der Waals surface area contributed by atoms with Crippen LogP contribution >= 0.6 is 66.1 Å². The highest BCUT2D eigenvalue weighted by molar-refractivity contribution is 14.1. The number of hydrazone groups is 1. The molecule has 40 heavy (non-hydrogen) atoms. The molecule has 4 aromatic carbocycles. The van der Waals surface area contributed by atoms with Crippen LogP contribution in [0.15, 0.2) is 92.9 Å². The van der Waals surface area contributed by atoms with E-state index in [9.17, 15) is 9.59 Å². The fourth-order valence-electron chi connectivity index (χ4n) is 4.14. The first-order valence-electron chi connectivity index (χ1n) is 11.9. The molecule has 0 spiro atoms. The number of rotatable bonds is 6. The van der Waals surface area contributed by atoms with Gasteiger partial charge < -0.3 is 9.72 Å². The van der Waals surface area contributed by atoms with Gasteiger partial charge in [-0.2, -0.15) is 5.10 Å². The number of aromatic nitrogens is 1. The summed E-state index contributed by atoms with van der Waals surface area (Å²) in [6.45, 7) is 1.94. The molecule has 0 aliphatic heterocycles. The van der Waals surface area contributed by atoms with E-state index in [4.69, 9.17) is 16.3 Å². The number of hydrogen-bond donors (Lipinski definition) is 2. The van der Waals surface area contributed by atoms with Crippen molar-refractivity contribution in [2.24, 2.45) is 5.10 Å². The highest BCUT2D eigenvalue weighted by atomic mass is 127. The number of carbonyl (C=O) groups is 2. The van der Waals surface area contributed by atoms with Crippen molar-refractivity contribution in [3.05, 3.63) is 119 Å². The summed E-state index contributed by atoms with van der Waals surface area (Å²) in [5.74, 6) is -0.701. The van der Waals surface area contributed by atoms with Gasteiger partial charge in [-0.15, -0.1) is 0 Å². The Kier molecular flexibility index (Phi) is 8.74. The second-order valence-electron chi connectivity index (χ2n) is 8.78. The van der Waals surface area contributed by atoms with Crippen LogP contribution in [0.2, 0.25) is 5.02 Å². The molecule has 6 nitrogen and oxygen atoms in total. The lowest BCUT2D eigenvalue weighted by molar-refractivity contribution is 0.0733. The van der Waals surface area contributed by atoms with Crippen molar-refractivity contribution in [3.8, 4) is 16.9 Å². The smallest absolute Gasteiger partial charge is 0.343 e. The van der Waals surface area contributed by atoms with Crippen molar-refractivity contribution in [2.75, 3.05) is 0 Å². The first-order chi connectivity index (χ1) is 19.2. The standard InChI is InChI=1S/C30H19Br2ClIN3O3/c1-16-9-11-17(12-10-16)30(39)40-28-18(13-19(31)14-22(28)32)15-35-37-29(38)27-25(20-5-2-3-7-23(20)33)21-6-4-8-24(34)26(21)36-27/h2-15,36H,1H3,(H,37,38). The Morgan fingerprint density at radius 2 is 1.77 bits per heavy atom. The lowest BCUT2D eigenvalue weighted by Crippen LogP contribution is -2.19. The van der Waals surface area contributed by atoms with Crippen LogP contribution in [-0.4, -0.2) is 23.1 Å².